The minimum absolute atomic E-state index is 0.321. The third-order valence-corrected chi connectivity index (χ3v) is 5.98. The molecule has 0 atom stereocenters. The van der Waals surface area contributed by atoms with Crippen molar-refractivity contribution in [3.8, 4) is 0 Å². The third kappa shape index (κ3) is 11.1. The predicted molar refractivity (Wildman–Crippen MR) is 132 cm³/mol. The zero-order chi connectivity index (χ0) is 22.2. The van der Waals surface area contributed by atoms with Crippen LogP contribution in [0.3, 0.4) is 0 Å². The van der Waals surface area contributed by atoms with Gasteiger partial charge in [-0.05, 0) is 69.6 Å². The molecule has 0 saturated heterocycles. The molecule has 1 heterocycles. The van der Waals surface area contributed by atoms with Crippen molar-refractivity contribution in [2.24, 2.45) is 0 Å². The summed E-state index contributed by atoms with van der Waals surface area (Å²) in [4.78, 5) is 15.3. The van der Waals surface area contributed by atoms with E-state index in [1.807, 2.05) is 0 Å². The quantitative estimate of drug-likeness (QED) is 0.206. The average Bonchev–Trinajstić information content (AvgIpc) is 2.76. The van der Waals surface area contributed by atoms with Crippen LogP contribution in [0.1, 0.15) is 101 Å². The van der Waals surface area contributed by atoms with Crippen molar-refractivity contribution in [2.45, 2.75) is 103 Å². The summed E-state index contributed by atoms with van der Waals surface area (Å²) in [5, 5.41) is 9.84. The lowest BCUT2D eigenvalue weighted by atomic mass is 10.0. The molecule has 2 rings (SSSR count). The summed E-state index contributed by atoms with van der Waals surface area (Å²) in [6, 6.07) is 10.7. The number of hydrogen-bond donors (Lipinski definition) is 1. The molecule has 0 unspecified atom stereocenters. The summed E-state index contributed by atoms with van der Waals surface area (Å²) >= 11 is 0. The van der Waals surface area contributed by atoms with E-state index in [1.165, 1.54) is 80.9 Å². The molecule has 170 valence electrons. The minimum atomic E-state index is -0.670. The van der Waals surface area contributed by atoms with Crippen LogP contribution in [0.2, 0.25) is 0 Å². The lowest BCUT2D eigenvalue weighted by molar-refractivity contribution is -0.137. The first-order chi connectivity index (χ1) is 15.2. The van der Waals surface area contributed by atoms with Crippen LogP contribution < -0.4 is 0 Å². The van der Waals surface area contributed by atoms with Crippen molar-refractivity contribution in [1.29, 1.82) is 0 Å². The molecule has 0 bridgehead atoms. The number of benzene rings is 1. The first kappa shape index (κ1) is 25.1. The molecule has 0 amide bonds. The Morgan fingerprint density at radius 2 is 1.42 bits per heavy atom. The van der Waals surface area contributed by atoms with E-state index in [0.717, 1.165) is 31.2 Å². The van der Waals surface area contributed by atoms with Crippen molar-refractivity contribution >= 4 is 16.9 Å². The molecule has 0 radical (unpaired) electrons. The standard InChI is InChI=1S/C28H41NO2/c1-24-23-25-19-17-18-21-27(25)29-26(24)20-15-13-11-9-7-5-3-2-4-6-8-10-12-14-16-22-28(30)31/h2,4,17-19,21,23H,3,5-16,20,22H2,1H3,(H,30,31)/b4-2-. The molecule has 1 N–H and O–H groups in total. The van der Waals surface area contributed by atoms with Gasteiger partial charge < -0.3 is 5.11 Å². The van der Waals surface area contributed by atoms with Gasteiger partial charge in [0, 0.05) is 17.5 Å². The van der Waals surface area contributed by atoms with E-state index >= 15 is 0 Å². The van der Waals surface area contributed by atoms with Gasteiger partial charge in [0.1, 0.15) is 0 Å². The summed E-state index contributed by atoms with van der Waals surface area (Å²) in [7, 11) is 0. The van der Waals surface area contributed by atoms with Crippen molar-refractivity contribution < 1.29 is 9.90 Å². The fourth-order valence-corrected chi connectivity index (χ4v) is 4.08. The molecule has 0 saturated carbocycles. The molecule has 1 aromatic heterocycles. The Morgan fingerprint density at radius 1 is 0.839 bits per heavy atom. The van der Waals surface area contributed by atoms with Crippen LogP contribution in [0.15, 0.2) is 42.5 Å². The summed E-state index contributed by atoms with van der Waals surface area (Å²) in [6.45, 7) is 2.19. The minimum Gasteiger partial charge on any atom is -0.481 e. The van der Waals surface area contributed by atoms with Crippen molar-refractivity contribution in [3.05, 3.63) is 53.7 Å². The number of para-hydroxylation sites is 1. The number of pyridine rings is 1. The van der Waals surface area contributed by atoms with Crippen molar-refractivity contribution in [1.82, 2.24) is 4.98 Å². The topological polar surface area (TPSA) is 50.2 Å². The van der Waals surface area contributed by atoms with Crippen LogP contribution in [0.25, 0.3) is 10.9 Å². The maximum absolute atomic E-state index is 10.4. The number of carboxylic acids is 1. The molecular formula is C28H41NO2. The average molecular weight is 424 g/mol. The number of aryl methyl sites for hydroxylation is 2. The molecular weight excluding hydrogens is 382 g/mol. The Kier molecular flexibility index (Phi) is 12.6. The molecule has 0 fully saturated rings. The Bertz CT molecular complexity index is 797. The Hall–Kier alpha value is -2.16. The first-order valence-electron chi connectivity index (χ1n) is 12.4. The number of aliphatic carboxylic acids is 1. The number of aromatic nitrogens is 1. The van der Waals surface area contributed by atoms with Crippen LogP contribution >= 0.6 is 0 Å². The van der Waals surface area contributed by atoms with Crippen LogP contribution in [-0.2, 0) is 11.2 Å². The Balaban J connectivity index is 1.40. The molecule has 1 aromatic carbocycles. The van der Waals surface area contributed by atoms with Crippen LogP contribution in [0, 0.1) is 6.92 Å². The Morgan fingerprint density at radius 3 is 2.10 bits per heavy atom. The Labute approximate surface area is 189 Å². The summed E-state index contributed by atoms with van der Waals surface area (Å²) < 4.78 is 0. The van der Waals surface area contributed by atoms with Gasteiger partial charge in [-0.2, -0.15) is 0 Å². The molecule has 0 aliphatic heterocycles. The van der Waals surface area contributed by atoms with E-state index in [-0.39, 0.29) is 0 Å². The lowest BCUT2D eigenvalue weighted by Gasteiger charge is -2.07. The number of allylic oxidation sites excluding steroid dienone is 2. The number of fused-ring (bicyclic) bond motifs is 1. The first-order valence-corrected chi connectivity index (χ1v) is 12.4. The maximum Gasteiger partial charge on any atom is 0.303 e. The highest BCUT2D eigenvalue weighted by atomic mass is 16.4. The summed E-state index contributed by atoms with van der Waals surface area (Å²) in [5.41, 5.74) is 3.71. The summed E-state index contributed by atoms with van der Waals surface area (Å²) in [5.74, 6) is -0.670. The van der Waals surface area contributed by atoms with Gasteiger partial charge in [-0.1, -0.05) is 75.3 Å². The van der Waals surface area contributed by atoms with Crippen molar-refractivity contribution in [3.63, 3.8) is 0 Å². The van der Waals surface area contributed by atoms with Crippen LogP contribution in [0.5, 0.6) is 0 Å². The second kappa shape index (κ2) is 15.6. The highest BCUT2D eigenvalue weighted by molar-refractivity contribution is 5.79. The molecule has 31 heavy (non-hydrogen) atoms. The van der Waals surface area contributed by atoms with Gasteiger partial charge in [-0.15, -0.1) is 0 Å². The van der Waals surface area contributed by atoms with E-state index < -0.39 is 5.97 Å². The molecule has 3 heteroatoms. The monoisotopic (exact) mass is 423 g/mol. The highest BCUT2D eigenvalue weighted by Gasteiger charge is 2.03. The number of rotatable bonds is 17. The zero-order valence-electron chi connectivity index (χ0n) is 19.5. The van der Waals surface area contributed by atoms with E-state index in [4.69, 9.17) is 10.1 Å². The number of hydrogen-bond acceptors (Lipinski definition) is 2. The van der Waals surface area contributed by atoms with Gasteiger partial charge in [0.2, 0.25) is 0 Å². The SMILES string of the molecule is Cc1cc2ccccc2nc1CCCCCCCC/C=C\CCCCCCCC(=O)O. The van der Waals surface area contributed by atoms with Gasteiger partial charge in [0.15, 0.2) is 0 Å². The second-order valence-corrected chi connectivity index (χ2v) is 8.78. The highest BCUT2D eigenvalue weighted by Crippen LogP contribution is 2.18. The van der Waals surface area contributed by atoms with Gasteiger partial charge in [0.25, 0.3) is 0 Å². The molecule has 0 aliphatic rings. The smallest absolute Gasteiger partial charge is 0.303 e. The second-order valence-electron chi connectivity index (χ2n) is 8.78. The molecule has 0 aliphatic carbocycles. The molecule has 0 spiro atoms. The predicted octanol–water partition coefficient (Wildman–Crippen LogP) is 8.19. The van der Waals surface area contributed by atoms with E-state index in [9.17, 15) is 4.79 Å². The van der Waals surface area contributed by atoms with Crippen LogP contribution in [-0.4, -0.2) is 16.1 Å². The number of carboxylic acid groups (broad SMARTS) is 1. The molecule has 3 nitrogen and oxygen atoms in total. The maximum atomic E-state index is 10.4. The lowest BCUT2D eigenvalue weighted by Crippen LogP contribution is -1.95. The van der Waals surface area contributed by atoms with E-state index in [2.05, 4.69) is 49.4 Å². The summed E-state index contributed by atoms with van der Waals surface area (Å²) in [6.07, 6.45) is 21.8. The van der Waals surface area contributed by atoms with Gasteiger partial charge in [-0.25, -0.2) is 0 Å². The number of carbonyl (C=O) groups is 1. The van der Waals surface area contributed by atoms with Crippen LogP contribution in [0.4, 0.5) is 0 Å². The number of unbranched alkanes of at least 4 members (excludes halogenated alkanes) is 11. The van der Waals surface area contributed by atoms with Gasteiger partial charge in [-0.3, -0.25) is 9.78 Å². The fourth-order valence-electron chi connectivity index (χ4n) is 4.08. The van der Waals surface area contributed by atoms with Gasteiger partial charge >= 0.3 is 5.97 Å². The largest absolute Gasteiger partial charge is 0.481 e. The third-order valence-electron chi connectivity index (χ3n) is 5.98. The fraction of sp³-hybridized carbons (Fsp3) is 0.571. The van der Waals surface area contributed by atoms with Gasteiger partial charge in [0.05, 0.1) is 5.52 Å². The zero-order valence-corrected chi connectivity index (χ0v) is 19.5. The van der Waals surface area contributed by atoms with E-state index in [0.29, 0.717) is 6.42 Å². The van der Waals surface area contributed by atoms with E-state index in [1.54, 1.807) is 0 Å². The van der Waals surface area contributed by atoms with Crippen molar-refractivity contribution in [2.75, 3.05) is 0 Å². The number of nitrogens with zero attached hydrogens (tertiary/aromatic N) is 1. The molecule has 2 aromatic rings. The normalized spacial score (nSPS) is 11.5.